The maximum Gasteiger partial charge on any atom is 1.00 e. The van der Waals surface area contributed by atoms with Crippen LogP contribution in [0.5, 0.6) is 0 Å². The molecule has 0 aromatic carbocycles. The number of hydrogen-bond acceptors (Lipinski definition) is 4. The fourth-order valence-electron chi connectivity index (χ4n) is 1.74. The van der Waals surface area contributed by atoms with Gasteiger partial charge in [-0.25, -0.2) is 4.79 Å². The quantitative estimate of drug-likeness (QED) is 0.397. The fourth-order valence-corrected chi connectivity index (χ4v) is 1.74. The van der Waals surface area contributed by atoms with Gasteiger partial charge in [0.15, 0.2) is 6.23 Å². The summed E-state index contributed by atoms with van der Waals surface area (Å²) in [5.74, 6) is -0.537. The summed E-state index contributed by atoms with van der Waals surface area (Å²) in [6, 6.07) is -0.468. The van der Waals surface area contributed by atoms with Crippen LogP contribution in [0.15, 0.2) is 12.2 Å². The van der Waals surface area contributed by atoms with Gasteiger partial charge >= 0.3 is 35.6 Å². The molecule has 0 saturated carbocycles. The minimum absolute atomic E-state index is 0. The third-order valence-corrected chi connectivity index (χ3v) is 2.69. The van der Waals surface area contributed by atoms with E-state index >= 15 is 0 Å². The van der Waals surface area contributed by atoms with Gasteiger partial charge in [-0.15, -0.1) is 6.61 Å². The first kappa shape index (κ1) is 14.7. The molecule has 0 aliphatic carbocycles. The zero-order valence-corrected chi connectivity index (χ0v) is 11.9. The number of rotatable bonds is 2. The zero-order valence-electron chi connectivity index (χ0n) is 9.88. The molecule has 1 saturated heterocycles. The second kappa shape index (κ2) is 5.97. The molecule has 7 heteroatoms. The van der Waals surface area contributed by atoms with Gasteiger partial charge in [0.1, 0.15) is 0 Å². The summed E-state index contributed by atoms with van der Waals surface area (Å²) in [6.07, 6.45) is 2.30. The summed E-state index contributed by atoms with van der Waals surface area (Å²) in [5.41, 5.74) is 0. The summed E-state index contributed by atoms with van der Waals surface area (Å²) in [6.45, 7) is 1.68. The average molecular weight is 248 g/mol. The van der Waals surface area contributed by atoms with Crippen molar-refractivity contribution >= 4 is 11.9 Å². The van der Waals surface area contributed by atoms with Crippen molar-refractivity contribution in [3.8, 4) is 0 Å². The van der Waals surface area contributed by atoms with E-state index in [1.165, 1.54) is 4.90 Å². The Kier molecular flexibility index (Phi) is 5.15. The molecule has 0 spiro atoms. The molecular weight excluding hydrogens is 235 g/mol. The van der Waals surface area contributed by atoms with Gasteiger partial charge in [0.05, 0.1) is 12.0 Å². The van der Waals surface area contributed by atoms with Crippen LogP contribution in [0.2, 0.25) is 0 Å². The van der Waals surface area contributed by atoms with Gasteiger partial charge < -0.3 is 9.84 Å². The Bertz CT molecular complexity index is 347. The molecule has 1 unspecified atom stereocenters. The SMILES string of the molecule is CC1CN([C@H]2C=C[C@@H](C[O-])O2)C(=O)NC1=O.[Na+]. The average Bonchev–Trinajstić information content (AvgIpc) is 2.71. The minimum Gasteiger partial charge on any atom is -0.852 e. The largest absolute Gasteiger partial charge is 1.00 e. The van der Waals surface area contributed by atoms with Crippen LogP contribution in [0.1, 0.15) is 6.92 Å². The summed E-state index contributed by atoms with van der Waals surface area (Å²) >= 11 is 0. The number of imide groups is 1. The van der Waals surface area contributed by atoms with E-state index in [1.54, 1.807) is 19.1 Å². The van der Waals surface area contributed by atoms with E-state index in [-0.39, 0.29) is 48.0 Å². The fraction of sp³-hybridized carbons (Fsp3) is 0.600. The first-order valence-electron chi connectivity index (χ1n) is 5.15. The smallest absolute Gasteiger partial charge is 0.852 e. The van der Waals surface area contributed by atoms with Crippen molar-refractivity contribution in [2.24, 2.45) is 5.92 Å². The third-order valence-electron chi connectivity index (χ3n) is 2.69. The van der Waals surface area contributed by atoms with E-state index in [1.807, 2.05) is 0 Å². The Labute approximate surface area is 121 Å². The molecule has 2 heterocycles. The molecule has 1 fully saturated rings. The van der Waals surface area contributed by atoms with E-state index < -0.39 is 18.4 Å². The van der Waals surface area contributed by atoms with Crippen LogP contribution in [0.25, 0.3) is 0 Å². The second-order valence-electron chi connectivity index (χ2n) is 3.96. The predicted octanol–water partition coefficient (Wildman–Crippen LogP) is -4.18. The number of nitrogens with one attached hydrogen (secondary N) is 1. The Hall–Kier alpha value is -0.400. The molecule has 1 N–H and O–H groups in total. The molecule has 0 radical (unpaired) electrons. The normalized spacial score (nSPS) is 32.4. The van der Waals surface area contributed by atoms with Gasteiger partial charge in [-0.3, -0.25) is 15.0 Å². The Balaban J connectivity index is 0.00000144. The number of nitrogens with zero attached hydrogens (tertiary/aromatic N) is 1. The van der Waals surface area contributed by atoms with Crippen molar-refractivity contribution < 1.29 is 49.0 Å². The standard InChI is InChI=1S/C10H13N2O4.Na/c1-6-4-12(10(15)11-9(6)14)8-3-2-7(5-13)16-8;/h2-3,6-8H,4-5H2,1H3,(H,11,14,15);/q-1;+1/t6?,7-,8+;/m0./s1. The van der Waals surface area contributed by atoms with Gasteiger partial charge in [0, 0.05) is 6.54 Å². The Morgan fingerprint density at radius 1 is 1.53 bits per heavy atom. The maximum absolute atomic E-state index is 11.5. The number of hydrogen-bond donors (Lipinski definition) is 1. The van der Waals surface area contributed by atoms with E-state index in [4.69, 9.17) is 4.74 Å². The number of carbonyl (C=O) groups is 2. The second-order valence-corrected chi connectivity index (χ2v) is 3.96. The Morgan fingerprint density at radius 3 is 2.82 bits per heavy atom. The monoisotopic (exact) mass is 248 g/mol. The summed E-state index contributed by atoms with van der Waals surface area (Å²) in [5, 5.41) is 12.9. The molecule has 2 aliphatic heterocycles. The topological polar surface area (TPSA) is 81.7 Å². The number of carbonyl (C=O) groups excluding carboxylic acids is 2. The van der Waals surface area contributed by atoms with E-state index in [0.717, 1.165) is 0 Å². The van der Waals surface area contributed by atoms with Gasteiger partial charge in [0.25, 0.3) is 0 Å². The molecule has 2 aliphatic rings. The van der Waals surface area contributed by atoms with Crippen LogP contribution in [-0.4, -0.2) is 42.3 Å². The molecule has 0 aromatic heterocycles. The Morgan fingerprint density at radius 2 is 2.24 bits per heavy atom. The molecule has 3 atom stereocenters. The number of ether oxygens (including phenoxy) is 1. The first-order valence-corrected chi connectivity index (χ1v) is 5.15. The van der Waals surface area contributed by atoms with Crippen molar-refractivity contribution in [2.75, 3.05) is 13.2 Å². The molecule has 0 bridgehead atoms. The summed E-state index contributed by atoms with van der Waals surface area (Å²) in [4.78, 5) is 24.2. The van der Waals surface area contributed by atoms with Crippen molar-refractivity contribution in [1.29, 1.82) is 0 Å². The first-order chi connectivity index (χ1) is 7.61. The molecule has 6 nitrogen and oxygen atoms in total. The number of amides is 3. The van der Waals surface area contributed by atoms with Crippen LogP contribution >= 0.6 is 0 Å². The third kappa shape index (κ3) is 3.08. The molecule has 2 rings (SSSR count). The predicted molar refractivity (Wildman–Crippen MR) is 52.1 cm³/mol. The van der Waals surface area contributed by atoms with Gasteiger partial charge in [0.2, 0.25) is 5.91 Å². The minimum atomic E-state index is -0.533. The van der Waals surface area contributed by atoms with Crippen LogP contribution in [-0.2, 0) is 9.53 Å². The van der Waals surface area contributed by atoms with Gasteiger partial charge in [-0.1, -0.05) is 13.0 Å². The molecule has 88 valence electrons. The van der Waals surface area contributed by atoms with Crippen molar-refractivity contribution in [1.82, 2.24) is 10.2 Å². The summed E-state index contributed by atoms with van der Waals surface area (Å²) < 4.78 is 5.33. The maximum atomic E-state index is 11.5. The van der Waals surface area contributed by atoms with E-state index in [0.29, 0.717) is 6.54 Å². The zero-order chi connectivity index (χ0) is 11.7. The van der Waals surface area contributed by atoms with Crippen LogP contribution in [0.3, 0.4) is 0 Å². The molecular formula is C10H13N2NaO4. The van der Waals surface area contributed by atoms with Crippen LogP contribution in [0, 0.1) is 5.92 Å². The molecule has 17 heavy (non-hydrogen) atoms. The van der Waals surface area contributed by atoms with Crippen molar-refractivity contribution in [2.45, 2.75) is 19.3 Å². The van der Waals surface area contributed by atoms with E-state index in [2.05, 4.69) is 5.32 Å². The van der Waals surface area contributed by atoms with Crippen molar-refractivity contribution in [3.05, 3.63) is 12.2 Å². The van der Waals surface area contributed by atoms with Crippen molar-refractivity contribution in [3.63, 3.8) is 0 Å². The van der Waals surface area contributed by atoms with Gasteiger partial charge in [-0.2, -0.15) is 0 Å². The molecule has 0 aromatic rings. The number of urea groups is 1. The molecule has 3 amide bonds. The summed E-state index contributed by atoms with van der Waals surface area (Å²) in [7, 11) is 0. The van der Waals surface area contributed by atoms with Crippen LogP contribution in [0.4, 0.5) is 4.79 Å². The van der Waals surface area contributed by atoms with Crippen LogP contribution < -0.4 is 40.0 Å². The van der Waals surface area contributed by atoms with Gasteiger partial charge in [-0.05, 0) is 6.08 Å². The van der Waals surface area contributed by atoms with E-state index in [9.17, 15) is 14.7 Å².